The Bertz CT molecular complexity index is 683. The topological polar surface area (TPSA) is 0 Å². The van der Waals surface area contributed by atoms with E-state index in [-0.39, 0.29) is 0 Å². The van der Waals surface area contributed by atoms with Gasteiger partial charge in [-0.3, -0.25) is 0 Å². The summed E-state index contributed by atoms with van der Waals surface area (Å²) in [5.41, 5.74) is -21.4. The Morgan fingerprint density at radius 1 is 0.393 bits per heavy atom. The minimum absolute atomic E-state index is 0.341. The van der Waals surface area contributed by atoms with Gasteiger partial charge in [0.15, 0.2) is 0 Å². The number of halogens is 15. The Kier molecular flexibility index (Phi) is 5.71. The zero-order chi connectivity index (χ0) is 22.7. The molecule has 15 heteroatoms. The molecule has 1 rings (SSSR count). The van der Waals surface area contributed by atoms with Crippen LogP contribution in [0.4, 0.5) is 65.9 Å². The predicted molar refractivity (Wildman–Crippen MR) is 60.8 cm³/mol. The fourth-order valence-electron chi connectivity index (χ4n) is 2.63. The first-order valence-electron chi connectivity index (χ1n) is 6.65. The molecule has 162 valence electrons. The minimum Gasteiger partial charge on any atom is -0.166 e. The van der Waals surface area contributed by atoms with Gasteiger partial charge >= 0.3 is 30.9 Å². The smallest absolute Gasteiger partial charge is 0.166 e. The van der Waals surface area contributed by atoms with Gasteiger partial charge in [-0.1, -0.05) is 6.92 Å². The first-order valence-corrected chi connectivity index (χ1v) is 6.65. The minimum atomic E-state index is -6.85. The molecule has 0 bridgehead atoms. The number of alkyl halides is 15. The van der Waals surface area contributed by atoms with Gasteiger partial charge in [0.2, 0.25) is 0 Å². The number of rotatable bonds is 1. The Balaban J connectivity index is 4.67. The van der Waals surface area contributed by atoms with Crippen molar-refractivity contribution in [3.63, 3.8) is 0 Å². The van der Waals surface area contributed by atoms with Crippen LogP contribution in [0.5, 0.6) is 0 Å². The van der Waals surface area contributed by atoms with E-state index in [2.05, 4.69) is 0 Å². The molecule has 0 aromatic heterocycles. The first-order chi connectivity index (χ1) is 12.1. The van der Waals surface area contributed by atoms with Crippen molar-refractivity contribution in [2.45, 2.75) is 44.2 Å². The van der Waals surface area contributed by atoms with E-state index < -0.39 is 70.7 Å². The van der Waals surface area contributed by atoms with Crippen LogP contribution in [0.3, 0.4) is 0 Å². The zero-order valence-electron chi connectivity index (χ0n) is 12.9. The number of benzene rings is 1. The summed E-state index contributed by atoms with van der Waals surface area (Å²) in [7, 11) is 0. The van der Waals surface area contributed by atoms with Gasteiger partial charge in [-0.15, -0.1) is 0 Å². The Hall–Kier alpha value is -1.83. The lowest BCUT2D eigenvalue weighted by Gasteiger charge is -2.30. The van der Waals surface area contributed by atoms with Crippen molar-refractivity contribution in [2.24, 2.45) is 0 Å². The number of hydrogen-bond acceptors (Lipinski definition) is 0. The van der Waals surface area contributed by atoms with Gasteiger partial charge in [-0.05, 0) is 12.0 Å². The highest BCUT2D eigenvalue weighted by Gasteiger charge is 2.60. The fourth-order valence-corrected chi connectivity index (χ4v) is 2.63. The molecule has 1 aromatic rings. The van der Waals surface area contributed by atoms with Crippen molar-refractivity contribution in [3.8, 4) is 0 Å². The standard InChI is InChI=1S/C13H5F15/c1-2-3-4(9(14,15)16)6(11(20,21)22)8(13(26,27)28)7(12(23,24)25)5(3)10(17,18)19/h2H2,1H3. The summed E-state index contributed by atoms with van der Waals surface area (Å²) in [4.78, 5) is 0. The average Bonchev–Trinajstić information content (AvgIpc) is 2.38. The predicted octanol–water partition coefficient (Wildman–Crippen LogP) is 7.34. The van der Waals surface area contributed by atoms with Crippen LogP contribution in [0, 0.1) is 0 Å². The summed E-state index contributed by atoms with van der Waals surface area (Å²) >= 11 is 0. The summed E-state index contributed by atoms with van der Waals surface area (Å²) in [6.45, 7) is 0.341. The highest BCUT2D eigenvalue weighted by atomic mass is 19.4. The van der Waals surface area contributed by atoms with Crippen molar-refractivity contribution in [2.75, 3.05) is 0 Å². The normalized spacial score (nSPS) is 14.6. The highest BCUT2D eigenvalue weighted by Crippen LogP contribution is 2.56. The second kappa shape index (κ2) is 6.61. The van der Waals surface area contributed by atoms with E-state index in [0.717, 1.165) is 0 Å². The zero-order valence-corrected chi connectivity index (χ0v) is 12.9. The third-order valence-electron chi connectivity index (χ3n) is 3.37. The van der Waals surface area contributed by atoms with Crippen molar-refractivity contribution in [1.82, 2.24) is 0 Å². The van der Waals surface area contributed by atoms with E-state index in [9.17, 15) is 65.9 Å². The van der Waals surface area contributed by atoms with Crippen LogP contribution in [-0.4, -0.2) is 0 Å². The molecule has 0 aliphatic rings. The second-order valence-electron chi connectivity index (χ2n) is 5.20. The van der Waals surface area contributed by atoms with Crippen LogP contribution in [0.2, 0.25) is 0 Å². The molecule has 0 N–H and O–H groups in total. The van der Waals surface area contributed by atoms with Gasteiger partial charge in [-0.2, -0.15) is 65.9 Å². The molecule has 28 heavy (non-hydrogen) atoms. The van der Waals surface area contributed by atoms with E-state index in [0.29, 0.717) is 6.92 Å². The molecule has 0 aliphatic carbocycles. The average molecular weight is 446 g/mol. The van der Waals surface area contributed by atoms with Gasteiger partial charge in [0.25, 0.3) is 0 Å². The van der Waals surface area contributed by atoms with Gasteiger partial charge in [0.1, 0.15) is 0 Å². The quantitative estimate of drug-likeness (QED) is 0.396. The van der Waals surface area contributed by atoms with Gasteiger partial charge < -0.3 is 0 Å². The maximum Gasteiger partial charge on any atom is 0.417 e. The van der Waals surface area contributed by atoms with Crippen LogP contribution < -0.4 is 0 Å². The maximum absolute atomic E-state index is 13.1. The van der Waals surface area contributed by atoms with Crippen molar-refractivity contribution in [1.29, 1.82) is 0 Å². The third kappa shape index (κ3) is 4.42. The van der Waals surface area contributed by atoms with Crippen LogP contribution in [0.25, 0.3) is 0 Å². The molecule has 0 aliphatic heterocycles. The highest BCUT2D eigenvalue weighted by molar-refractivity contribution is 5.57. The lowest BCUT2D eigenvalue weighted by molar-refractivity contribution is -0.189. The van der Waals surface area contributed by atoms with E-state index >= 15 is 0 Å². The molecule has 0 fully saturated rings. The molecule has 0 spiro atoms. The van der Waals surface area contributed by atoms with Gasteiger partial charge in [0.05, 0.1) is 27.8 Å². The van der Waals surface area contributed by atoms with E-state index in [1.54, 1.807) is 0 Å². The van der Waals surface area contributed by atoms with E-state index in [4.69, 9.17) is 0 Å². The van der Waals surface area contributed by atoms with Crippen molar-refractivity contribution >= 4 is 0 Å². The largest absolute Gasteiger partial charge is 0.417 e. The molecule has 0 saturated heterocycles. The van der Waals surface area contributed by atoms with Gasteiger partial charge in [0, 0.05) is 0 Å². The summed E-state index contributed by atoms with van der Waals surface area (Å²) in [6, 6.07) is 0. The molecule has 1 aromatic carbocycles. The summed E-state index contributed by atoms with van der Waals surface area (Å²) in [5, 5.41) is 0. The van der Waals surface area contributed by atoms with Crippen molar-refractivity contribution in [3.05, 3.63) is 33.4 Å². The molecule has 0 unspecified atom stereocenters. The molecule has 0 nitrogen and oxygen atoms in total. The maximum atomic E-state index is 13.1. The third-order valence-corrected chi connectivity index (χ3v) is 3.37. The van der Waals surface area contributed by atoms with Crippen LogP contribution in [-0.2, 0) is 37.3 Å². The van der Waals surface area contributed by atoms with Crippen LogP contribution in [0.1, 0.15) is 40.3 Å². The lowest BCUT2D eigenvalue weighted by atomic mass is 9.83. The van der Waals surface area contributed by atoms with Gasteiger partial charge in [-0.25, -0.2) is 0 Å². The SMILES string of the molecule is CCc1c(C(F)(F)F)c(C(F)(F)F)c(C(F)(F)F)c(C(F)(F)F)c1C(F)(F)F. The van der Waals surface area contributed by atoms with E-state index in [1.165, 1.54) is 0 Å². The Morgan fingerprint density at radius 2 is 0.571 bits per heavy atom. The van der Waals surface area contributed by atoms with E-state index in [1.807, 2.05) is 0 Å². The second-order valence-corrected chi connectivity index (χ2v) is 5.20. The molecule has 0 amide bonds. The molecule has 0 saturated carbocycles. The summed E-state index contributed by atoms with van der Waals surface area (Å²) in [6.07, 6.45) is -34.9. The summed E-state index contributed by atoms with van der Waals surface area (Å²) < 4.78 is 196. The fraction of sp³-hybridized carbons (Fsp3) is 0.538. The lowest BCUT2D eigenvalue weighted by Crippen LogP contribution is -2.33. The summed E-state index contributed by atoms with van der Waals surface area (Å²) in [5.74, 6) is 0. The number of hydrogen-bond donors (Lipinski definition) is 0. The molecule has 0 radical (unpaired) electrons. The first kappa shape index (κ1) is 24.2. The Labute approximate surface area is 144 Å². The monoisotopic (exact) mass is 446 g/mol. The molecular weight excluding hydrogens is 441 g/mol. The van der Waals surface area contributed by atoms with Crippen LogP contribution in [0.15, 0.2) is 0 Å². The molecular formula is C13H5F15. The molecule has 0 heterocycles. The molecule has 0 atom stereocenters. The van der Waals surface area contributed by atoms with Crippen LogP contribution >= 0.6 is 0 Å². The van der Waals surface area contributed by atoms with Crippen molar-refractivity contribution < 1.29 is 65.9 Å². The Morgan fingerprint density at radius 3 is 0.714 bits per heavy atom.